The maximum atomic E-state index is 13.3. The van der Waals surface area contributed by atoms with E-state index >= 15 is 0 Å². The zero-order valence-corrected chi connectivity index (χ0v) is 21.4. The van der Waals surface area contributed by atoms with E-state index in [0.29, 0.717) is 18.4 Å². The molecule has 0 atom stereocenters. The lowest BCUT2D eigenvalue weighted by Crippen LogP contribution is -2.38. The van der Waals surface area contributed by atoms with Crippen molar-refractivity contribution in [1.29, 1.82) is 0 Å². The molecule has 1 aromatic heterocycles. The maximum absolute atomic E-state index is 13.3. The number of carbonyl (C=O) groups excluding carboxylic acids is 1. The Morgan fingerprint density at radius 1 is 0.941 bits per heavy atom. The highest BCUT2D eigenvalue weighted by Crippen LogP contribution is 2.32. The number of nitrogens with zero attached hydrogens (tertiary/aromatic N) is 4. The molecule has 180 valence electrons. The van der Waals surface area contributed by atoms with E-state index in [1.807, 2.05) is 23.1 Å². The number of aromatic nitrogens is 2. The van der Waals surface area contributed by atoms with Crippen LogP contribution in [0.1, 0.15) is 68.5 Å². The van der Waals surface area contributed by atoms with Crippen LogP contribution in [0.2, 0.25) is 0 Å². The first-order valence-electron chi connectivity index (χ1n) is 12.2. The average Bonchev–Trinajstić information content (AvgIpc) is 3.13. The van der Waals surface area contributed by atoms with Gasteiger partial charge in [0.25, 0.3) is 0 Å². The van der Waals surface area contributed by atoms with Crippen LogP contribution in [0.3, 0.4) is 0 Å². The summed E-state index contributed by atoms with van der Waals surface area (Å²) in [5.41, 5.74) is 4.58. The SMILES string of the molecule is CC(C)c1cccc(C(C)C)c1NC(=O)N1CCCN(c2nc(Cc3ccccc3)ns2)CC1. The third-order valence-corrected chi connectivity index (χ3v) is 7.14. The molecule has 4 rings (SSSR count). The van der Waals surface area contributed by atoms with E-state index in [0.717, 1.165) is 49.1 Å². The minimum absolute atomic E-state index is 0.0149. The van der Waals surface area contributed by atoms with Crippen molar-refractivity contribution in [2.24, 2.45) is 0 Å². The normalized spacial score (nSPS) is 14.5. The third-order valence-electron chi connectivity index (χ3n) is 6.32. The largest absolute Gasteiger partial charge is 0.345 e. The van der Waals surface area contributed by atoms with Gasteiger partial charge in [0.1, 0.15) is 5.82 Å². The summed E-state index contributed by atoms with van der Waals surface area (Å²) in [5.74, 6) is 1.55. The number of carbonyl (C=O) groups is 1. The van der Waals surface area contributed by atoms with Gasteiger partial charge < -0.3 is 15.1 Å². The van der Waals surface area contributed by atoms with Crippen LogP contribution in [0.4, 0.5) is 15.6 Å². The average molecular weight is 478 g/mol. The summed E-state index contributed by atoms with van der Waals surface area (Å²) in [6.07, 6.45) is 1.65. The van der Waals surface area contributed by atoms with Gasteiger partial charge in [-0.05, 0) is 34.9 Å². The molecule has 2 amide bonds. The predicted octanol–water partition coefficient (Wildman–Crippen LogP) is 6.12. The number of hydrogen-bond acceptors (Lipinski definition) is 5. The first kappa shape index (κ1) is 24.2. The maximum Gasteiger partial charge on any atom is 0.321 e. The molecule has 1 saturated heterocycles. The highest BCUT2D eigenvalue weighted by atomic mass is 32.1. The van der Waals surface area contributed by atoms with Crippen molar-refractivity contribution in [2.45, 2.75) is 52.4 Å². The zero-order chi connectivity index (χ0) is 24.1. The van der Waals surface area contributed by atoms with E-state index in [4.69, 9.17) is 4.98 Å². The molecule has 0 saturated carbocycles. The van der Waals surface area contributed by atoms with Gasteiger partial charge in [0.2, 0.25) is 5.13 Å². The van der Waals surface area contributed by atoms with Crippen molar-refractivity contribution in [1.82, 2.24) is 14.3 Å². The number of hydrogen-bond donors (Lipinski definition) is 1. The summed E-state index contributed by atoms with van der Waals surface area (Å²) in [6.45, 7) is 11.7. The molecule has 34 heavy (non-hydrogen) atoms. The van der Waals surface area contributed by atoms with Crippen LogP contribution in [-0.4, -0.2) is 46.5 Å². The van der Waals surface area contributed by atoms with Crippen molar-refractivity contribution in [3.8, 4) is 0 Å². The van der Waals surface area contributed by atoms with Crippen LogP contribution in [0.25, 0.3) is 0 Å². The quantitative estimate of drug-likeness (QED) is 0.465. The van der Waals surface area contributed by atoms with Crippen molar-refractivity contribution in [3.05, 3.63) is 71.0 Å². The standard InChI is InChI=1S/C27H35N5OS/c1-19(2)22-12-8-13-23(20(3)4)25(22)29-26(33)31-14-9-15-32(17-16-31)27-28-24(30-34-27)18-21-10-6-5-7-11-21/h5-8,10-13,19-20H,9,14-18H2,1-4H3,(H,29,33). The van der Waals surface area contributed by atoms with Gasteiger partial charge in [-0.15, -0.1) is 0 Å². The number of rotatable bonds is 6. The second kappa shape index (κ2) is 11.0. The van der Waals surface area contributed by atoms with Crippen molar-refractivity contribution in [2.75, 3.05) is 36.4 Å². The Hall–Kier alpha value is -2.93. The zero-order valence-electron chi connectivity index (χ0n) is 20.6. The third kappa shape index (κ3) is 5.76. The predicted molar refractivity (Wildman–Crippen MR) is 141 cm³/mol. The molecule has 1 N–H and O–H groups in total. The monoisotopic (exact) mass is 477 g/mol. The molecule has 1 fully saturated rings. The van der Waals surface area contributed by atoms with E-state index in [1.165, 1.54) is 28.2 Å². The second-order valence-corrected chi connectivity index (χ2v) is 10.3. The van der Waals surface area contributed by atoms with E-state index in [9.17, 15) is 4.79 Å². The van der Waals surface area contributed by atoms with Gasteiger partial charge in [-0.2, -0.15) is 4.37 Å². The molecule has 3 aromatic rings. The molecule has 6 nitrogen and oxygen atoms in total. The Balaban J connectivity index is 1.41. The topological polar surface area (TPSA) is 61.4 Å². The molecule has 7 heteroatoms. The number of urea groups is 1. The molecule has 1 aliphatic rings. The number of nitrogens with one attached hydrogen (secondary N) is 1. The summed E-state index contributed by atoms with van der Waals surface area (Å²) in [7, 11) is 0. The lowest BCUT2D eigenvalue weighted by atomic mass is 9.93. The van der Waals surface area contributed by atoms with Gasteiger partial charge >= 0.3 is 6.03 Å². The number of amides is 2. The van der Waals surface area contributed by atoms with Crippen molar-refractivity contribution < 1.29 is 4.79 Å². The number of anilines is 2. The van der Waals surface area contributed by atoms with Crippen LogP contribution in [0.15, 0.2) is 48.5 Å². The molecular formula is C27H35N5OS. The van der Waals surface area contributed by atoms with Crippen molar-refractivity contribution >= 4 is 28.4 Å². The Morgan fingerprint density at radius 3 is 2.32 bits per heavy atom. The summed E-state index contributed by atoms with van der Waals surface area (Å²) >= 11 is 1.45. The summed E-state index contributed by atoms with van der Waals surface area (Å²) in [5, 5.41) is 4.21. The van der Waals surface area contributed by atoms with Crippen LogP contribution in [0, 0.1) is 0 Å². The molecule has 2 aromatic carbocycles. The Morgan fingerprint density at radius 2 is 1.65 bits per heavy atom. The number of benzene rings is 2. The minimum atomic E-state index is -0.0149. The van der Waals surface area contributed by atoms with Gasteiger partial charge in [0, 0.05) is 49.8 Å². The van der Waals surface area contributed by atoms with E-state index in [2.05, 4.69) is 72.6 Å². The van der Waals surface area contributed by atoms with Gasteiger partial charge in [0.15, 0.2) is 0 Å². The van der Waals surface area contributed by atoms with Crippen LogP contribution in [-0.2, 0) is 6.42 Å². The van der Waals surface area contributed by atoms with Crippen LogP contribution >= 0.6 is 11.5 Å². The second-order valence-electron chi connectivity index (χ2n) is 9.53. The smallest absolute Gasteiger partial charge is 0.321 e. The Kier molecular flexibility index (Phi) is 7.83. The minimum Gasteiger partial charge on any atom is -0.345 e. The summed E-state index contributed by atoms with van der Waals surface area (Å²) < 4.78 is 4.58. The van der Waals surface area contributed by atoms with Gasteiger partial charge in [0.05, 0.1) is 0 Å². The molecule has 0 bridgehead atoms. The molecule has 1 aliphatic heterocycles. The van der Waals surface area contributed by atoms with Gasteiger partial charge in [-0.1, -0.05) is 76.2 Å². The molecule has 2 heterocycles. The Labute approximate surface area is 207 Å². The van der Waals surface area contributed by atoms with Gasteiger partial charge in [-0.25, -0.2) is 9.78 Å². The molecule has 0 unspecified atom stereocenters. The highest BCUT2D eigenvalue weighted by molar-refractivity contribution is 7.09. The summed E-state index contributed by atoms with van der Waals surface area (Å²) in [6, 6.07) is 16.6. The molecule has 0 radical (unpaired) electrons. The van der Waals surface area contributed by atoms with Crippen LogP contribution in [0.5, 0.6) is 0 Å². The first-order chi connectivity index (χ1) is 16.4. The van der Waals surface area contributed by atoms with E-state index in [-0.39, 0.29) is 6.03 Å². The molecule has 0 aliphatic carbocycles. The lowest BCUT2D eigenvalue weighted by molar-refractivity contribution is 0.215. The van der Waals surface area contributed by atoms with E-state index < -0.39 is 0 Å². The fourth-order valence-electron chi connectivity index (χ4n) is 4.42. The van der Waals surface area contributed by atoms with Crippen molar-refractivity contribution in [3.63, 3.8) is 0 Å². The lowest BCUT2D eigenvalue weighted by Gasteiger charge is -2.25. The number of para-hydroxylation sites is 1. The highest BCUT2D eigenvalue weighted by Gasteiger charge is 2.23. The fourth-order valence-corrected chi connectivity index (χ4v) is 5.15. The van der Waals surface area contributed by atoms with Gasteiger partial charge in [-0.3, -0.25) is 0 Å². The molecule has 0 spiro atoms. The Bertz CT molecular complexity index is 1070. The first-order valence-corrected chi connectivity index (χ1v) is 13.0. The molecular weight excluding hydrogens is 442 g/mol. The summed E-state index contributed by atoms with van der Waals surface area (Å²) in [4.78, 5) is 22.3. The van der Waals surface area contributed by atoms with E-state index in [1.54, 1.807) is 0 Å². The van der Waals surface area contributed by atoms with Crippen LogP contribution < -0.4 is 10.2 Å². The fraction of sp³-hybridized carbons (Fsp3) is 0.444.